The zero-order chi connectivity index (χ0) is 10.6. The summed E-state index contributed by atoms with van der Waals surface area (Å²) in [5, 5.41) is 0. The van der Waals surface area contributed by atoms with Gasteiger partial charge in [0.2, 0.25) is 0 Å². The lowest BCUT2D eigenvalue weighted by Crippen LogP contribution is -2.08. The Bertz CT molecular complexity index is 266. The van der Waals surface area contributed by atoms with Crippen LogP contribution >= 0.6 is 15.9 Å². The van der Waals surface area contributed by atoms with Crippen LogP contribution < -0.4 is 0 Å². The van der Waals surface area contributed by atoms with E-state index in [9.17, 15) is 0 Å². The number of alkyl halides is 1. The van der Waals surface area contributed by atoms with Gasteiger partial charge < -0.3 is 0 Å². The zero-order valence-corrected chi connectivity index (χ0v) is 10.7. The third-order valence-electron chi connectivity index (χ3n) is 2.40. The number of halogens is 1. The summed E-state index contributed by atoms with van der Waals surface area (Å²) in [5.74, 6) is 0.702. The average molecular weight is 256 g/mol. The van der Waals surface area contributed by atoms with Gasteiger partial charge in [0, 0.05) is 16.7 Å². The fourth-order valence-electron chi connectivity index (χ4n) is 1.28. The molecule has 0 aliphatic carbocycles. The summed E-state index contributed by atoms with van der Waals surface area (Å²) in [7, 11) is 0. The summed E-state index contributed by atoms with van der Waals surface area (Å²) in [6.45, 7) is 6.50. The molecule has 14 heavy (non-hydrogen) atoms. The maximum Gasteiger partial charge on any atom is 0.0372 e. The molecule has 0 amide bonds. The molecule has 0 aromatic carbocycles. The van der Waals surface area contributed by atoms with Crippen molar-refractivity contribution in [3.05, 3.63) is 29.6 Å². The van der Waals surface area contributed by atoms with Crippen molar-refractivity contribution >= 4 is 15.9 Å². The predicted octanol–water partition coefficient (Wildman–Crippen LogP) is 3.74. The molecular weight excluding hydrogens is 238 g/mol. The van der Waals surface area contributed by atoms with Crippen molar-refractivity contribution in [1.82, 2.24) is 4.98 Å². The molecule has 0 fully saturated rings. The third-order valence-corrected chi connectivity index (χ3v) is 3.92. The van der Waals surface area contributed by atoms with Gasteiger partial charge in [-0.15, -0.1) is 0 Å². The molecule has 0 bridgehead atoms. The lowest BCUT2D eigenvalue weighted by atomic mass is 10.0. The minimum absolute atomic E-state index is 0.615. The van der Waals surface area contributed by atoms with Crippen LogP contribution in [-0.4, -0.2) is 9.81 Å². The Morgan fingerprint density at radius 3 is 2.57 bits per heavy atom. The van der Waals surface area contributed by atoms with Crippen molar-refractivity contribution in [3.8, 4) is 0 Å². The molecule has 1 rings (SSSR count). The van der Waals surface area contributed by atoms with E-state index in [-0.39, 0.29) is 0 Å². The summed E-state index contributed by atoms with van der Waals surface area (Å²) in [5.41, 5.74) is 2.42. The van der Waals surface area contributed by atoms with Gasteiger partial charge in [0.05, 0.1) is 0 Å². The van der Waals surface area contributed by atoms with Crippen molar-refractivity contribution < 1.29 is 0 Å². The van der Waals surface area contributed by atoms with Gasteiger partial charge in [0.1, 0.15) is 0 Å². The van der Waals surface area contributed by atoms with E-state index in [4.69, 9.17) is 0 Å². The normalized spacial score (nSPS) is 13.2. The van der Waals surface area contributed by atoms with Crippen LogP contribution in [0.4, 0.5) is 0 Å². The first kappa shape index (κ1) is 11.7. The SMILES string of the molecule is Cc1ccc(CCC(Br)C(C)C)cn1. The molecule has 1 atom stereocenters. The monoisotopic (exact) mass is 255 g/mol. The molecule has 1 unspecified atom stereocenters. The minimum atomic E-state index is 0.615. The zero-order valence-electron chi connectivity index (χ0n) is 9.13. The van der Waals surface area contributed by atoms with Crippen molar-refractivity contribution in [2.45, 2.75) is 38.4 Å². The van der Waals surface area contributed by atoms with E-state index in [0.29, 0.717) is 10.7 Å². The van der Waals surface area contributed by atoms with Gasteiger partial charge in [-0.05, 0) is 37.3 Å². The summed E-state index contributed by atoms with van der Waals surface area (Å²) in [4.78, 5) is 4.90. The first-order valence-corrected chi connectivity index (χ1v) is 6.06. The molecule has 0 aliphatic heterocycles. The minimum Gasteiger partial charge on any atom is -0.261 e. The Kier molecular flexibility index (Phi) is 4.59. The van der Waals surface area contributed by atoms with Gasteiger partial charge in [-0.25, -0.2) is 0 Å². The molecule has 1 heterocycles. The first-order valence-electron chi connectivity index (χ1n) is 5.15. The number of pyridine rings is 1. The second-order valence-electron chi connectivity index (χ2n) is 4.11. The number of hydrogen-bond donors (Lipinski definition) is 0. The Morgan fingerprint density at radius 2 is 2.07 bits per heavy atom. The number of rotatable bonds is 4. The van der Waals surface area contributed by atoms with E-state index in [0.717, 1.165) is 12.1 Å². The molecule has 1 nitrogen and oxygen atoms in total. The van der Waals surface area contributed by atoms with Gasteiger partial charge in [0.25, 0.3) is 0 Å². The van der Waals surface area contributed by atoms with Crippen molar-refractivity contribution in [2.75, 3.05) is 0 Å². The Hall–Kier alpha value is -0.370. The summed E-state index contributed by atoms with van der Waals surface area (Å²) < 4.78 is 0. The highest BCUT2D eigenvalue weighted by Gasteiger charge is 2.08. The van der Waals surface area contributed by atoms with Crippen LogP contribution in [0.5, 0.6) is 0 Å². The lowest BCUT2D eigenvalue weighted by Gasteiger charge is -2.12. The number of nitrogens with zero attached hydrogens (tertiary/aromatic N) is 1. The maximum absolute atomic E-state index is 4.29. The van der Waals surface area contributed by atoms with Crippen LogP contribution in [0.15, 0.2) is 18.3 Å². The lowest BCUT2D eigenvalue weighted by molar-refractivity contribution is 0.581. The quantitative estimate of drug-likeness (QED) is 0.748. The van der Waals surface area contributed by atoms with E-state index in [1.807, 2.05) is 13.1 Å². The topological polar surface area (TPSA) is 12.9 Å². The van der Waals surface area contributed by atoms with Crippen LogP contribution in [-0.2, 0) is 6.42 Å². The smallest absolute Gasteiger partial charge is 0.0372 e. The molecular formula is C12H18BrN. The van der Waals surface area contributed by atoms with E-state index >= 15 is 0 Å². The molecule has 0 radical (unpaired) electrons. The van der Waals surface area contributed by atoms with Crippen LogP contribution in [0, 0.1) is 12.8 Å². The van der Waals surface area contributed by atoms with E-state index in [1.54, 1.807) is 0 Å². The molecule has 0 aliphatic rings. The van der Waals surface area contributed by atoms with Crippen LogP contribution in [0.3, 0.4) is 0 Å². The van der Waals surface area contributed by atoms with Crippen LogP contribution in [0.25, 0.3) is 0 Å². The molecule has 0 spiro atoms. The summed E-state index contributed by atoms with van der Waals surface area (Å²) in [6, 6.07) is 4.25. The first-order chi connectivity index (χ1) is 6.59. The van der Waals surface area contributed by atoms with Gasteiger partial charge in [0.15, 0.2) is 0 Å². The van der Waals surface area contributed by atoms with Crippen LogP contribution in [0.2, 0.25) is 0 Å². The molecule has 0 N–H and O–H groups in total. The number of aryl methyl sites for hydroxylation is 2. The molecule has 1 aromatic rings. The maximum atomic E-state index is 4.29. The molecule has 1 aromatic heterocycles. The fourth-order valence-corrected chi connectivity index (χ4v) is 1.51. The van der Waals surface area contributed by atoms with E-state index < -0.39 is 0 Å². The molecule has 0 saturated heterocycles. The van der Waals surface area contributed by atoms with Gasteiger partial charge in [-0.3, -0.25) is 4.98 Å². The Balaban J connectivity index is 2.42. The van der Waals surface area contributed by atoms with Crippen LogP contribution in [0.1, 0.15) is 31.5 Å². The van der Waals surface area contributed by atoms with Gasteiger partial charge in [-0.2, -0.15) is 0 Å². The van der Waals surface area contributed by atoms with Gasteiger partial charge in [-0.1, -0.05) is 35.8 Å². The standard InChI is InChI=1S/C12H18BrN/c1-9(2)12(13)7-6-11-5-4-10(3)14-8-11/h4-5,8-9,12H,6-7H2,1-3H3. The highest BCUT2D eigenvalue weighted by molar-refractivity contribution is 9.09. The second kappa shape index (κ2) is 5.50. The second-order valence-corrected chi connectivity index (χ2v) is 5.28. The fraction of sp³-hybridized carbons (Fsp3) is 0.583. The van der Waals surface area contributed by atoms with E-state index in [2.05, 4.69) is 46.9 Å². The molecule has 0 saturated carbocycles. The van der Waals surface area contributed by atoms with Crippen molar-refractivity contribution in [2.24, 2.45) is 5.92 Å². The predicted molar refractivity (Wildman–Crippen MR) is 64.8 cm³/mol. The third kappa shape index (κ3) is 3.79. The van der Waals surface area contributed by atoms with Crippen molar-refractivity contribution in [1.29, 1.82) is 0 Å². The Morgan fingerprint density at radius 1 is 1.36 bits per heavy atom. The van der Waals surface area contributed by atoms with Crippen molar-refractivity contribution in [3.63, 3.8) is 0 Å². The largest absolute Gasteiger partial charge is 0.261 e. The molecule has 78 valence electrons. The number of hydrogen-bond acceptors (Lipinski definition) is 1. The number of aromatic nitrogens is 1. The summed E-state index contributed by atoms with van der Waals surface area (Å²) in [6.07, 6.45) is 4.28. The highest BCUT2D eigenvalue weighted by Crippen LogP contribution is 2.18. The van der Waals surface area contributed by atoms with E-state index in [1.165, 1.54) is 12.0 Å². The summed E-state index contributed by atoms with van der Waals surface area (Å²) >= 11 is 3.69. The van der Waals surface area contributed by atoms with Gasteiger partial charge >= 0.3 is 0 Å². The Labute approximate surface area is 95.1 Å². The molecule has 2 heteroatoms. The average Bonchev–Trinajstić information content (AvgIpc) is 2.16. The highest BCUT2D eigenvalue weighted by atomic mass is 79.9.